The van der Waals surface area contributed by atoms with Gasteiger partial charge in [0.05, 0.1) is 18.7 Å². The Balaban J connectivity index is 2.08. The van der Waals surface area contributed by atoms with Crippen molar-refractivity contribution in [1.82, 2.24) is 4.57 Å². The summed E-state index contributed by atoms with van der Waals surface area (Å²) in [5.74, 6) is -2.66. The van der Waals surface area contributed by atoms with Crippen molar-refractivity contribution in [3.05, 3.63) is 71.4 Å². The Bertz CT molecular complexity index is 871. The molecule has 1 aromatic heterocycles. The van der Waals surface area contributed by atoms with E-state index in [9.17, 15) is 13.6 Å². The second-order valence-electron chi connectivity index (χ2n) is 5.11. The molecule has 0 aliphatic heterocycles. The van der Waals surface area contributed by atoms with Crippen molar-refractivity contribution in [1.29, 1.82) is 0 Å². The van der Waals surface area contributed by atoms with Crippen LogP contribution in [0.5, 0.6) is 0 Å². The molecule has 0 N–H and O–H groups in total. The van der Waals surface area contributed by atoms with Crippen molar-refractivity contribution in [2.75, 3.05) is 6.61 Å². The summed E-state index contributed by atoms with van der Waals surface area (Å²) in [6.07, 6.45) is 1.78. The standard InChI is InChI=1S/C18H15F2NO2/c1-2-23-18(22)13-7-8-15(19)17(20)14(13)11-21-10-9-12-5-3-4-6-16(12)21/h3-10H,2,11H2,1H3. The lowest BCUT2D eigenvalue weighted by Crippen LogP contribution is -2.13. The van der Waals surface area contributed by atoms with Crippen molar-refractivity contribution >= 4 is 16.9 Å². The van der Waals surface area contributed by atoms with Crippen LogP contribution in [-0.4, -0.2) is 17.1 Å². The molecule has 0 aliphatic carbocycles. The van der Waals surface area contributed by atoms with Gasteiger partial charge >= 0.3 is 5.97 Å². The molecule has 23 heavy (non-hydrogen) atoms. The maximum absolute atomic E-state index is 14.3. The predicted octanol–water partition coefficient (Wildman–Crippen LogP) is 4.14. The number of carbonyl (C=O) groups excluding carboxylic acids is 1. The highest BCUT2D eigenvalue weighted by Gasteiger charge is 2.20. The molecule has 5 heteroatoms. The average molecular weight is 315 g/mol. The van der Waals surface area contributed by atoms with Gasteiger partial charge in [-0.3, -0.25) is 0 Å². The maximum atomic E-state index is 14.3. The minimum absolute atomic E-state index is 0.00944. The summed E-state index contributed by atoms with van der Waals surface area (Å²) >= 11 is 0. The van der Waals surface area contributed by atoms with Crippen molar-refractivity contribution < 1.29 is 18.3 Å². The smallest absolute Gasteiger partial charge is 0.338 e. The molecule has 0 fully saturated rings. The molecule has 0 unspecified atom stereocenters. The molecule has 0 atom stereocenters. The summed E-state index contributed by atoms with van der Waals surface area (Å²) in [6, 6.07) is 11.7. The van der Waals surface area contributed by atoms with Crippen molar-refractivity contribution in [3.8, 4) is 0 Å². The summed E-state index contributed by atoms with van der Waals surface area (Å²) in [5.41, 5.74) is 0.916. The van der Waals surface area contributed by atoms with Crippen LogP contribution >= 0.6 is 0 Å². The lowest BCUT2D eigenvalue weighted by Gasteiger charge is -2.12. The van der Waals surface area contributed by atoms with Crippen LogP contribution in [0.3, 0.4) is 0 Å². The van der Waals surface area contributed by atoms with E-state index in [1.807, 2.05) is 30.3 Å². The van der Waals surface area contributed by atoms with Crippen LogP contribution in [0.4, 0.5) is 8.78 Å². The molecule has 0 saturated carbocycles. The SMILES string of the molecule is CCOC(=O)c1ccc(F)c(F)c1Cn1ccc2ccccc21. The van der Waals surface area contributed by atoms with Gasteiger partial charge in [0.1, 0.15) is 0 Å². The van der Waals surface area contributed by atoms with Crippen LogP contribution in [0, 0.1) is 11.6 Å². The largest absolute Gasteiger partial charge is 0.462 e. The first kappa shape index (κ1) is 15.2. The van der Waals surface area contributed by atoms with Gasteiger partial charge in [0, 0.05) is 17.3 Å². The van der Waals surface area contributed by atoms with E-state index in [2.05, 4.69) is 0 Å². The first-order valence-corrected chi connectivity index (χ1v) is 7.29. The normalized spacial score (nSPS) is 10.9. The summed E-state index contributed by atoms with van der Waals surface area (Å²) in [5, 5.41) is 0.988. The zero-order chi connectivity index (χ0) is 16.4. The van der Waals surface area contributed by atoms with Crippen molar-refractivity contribution in [2.24, 2.45) is 0 Å². The Kier molecular flexibility index (Phi) is 4.10. The molecule has 0 aliphatic rings. The fraction of sp³-hybridized carbons (Fsp3) is 0.167. The number of rotatable bonds is 4. The third kappa shape index (κ3) is 2.82. The summed E-state index contributed by atoms with van der Waals surface area (Å²) in [7, 11) is 0. The van der Waals surface area contributed by atoms with Gasteiger partial charge in [0.15, 0.2) is 11.6 Å². The highest BCUT2D eigenvalue weighted by atomic mass is 19.2. The van der Waals surface area contributed by atoms with Gasteiger partial charge in [0.25, 0.3) is 0 Å². The number of aromatic nitrogens is 1. The van der Waals surface area contributed by atoms with E-state index in [0.29, 0.717) is 0 Å². The zero-order valence-corrected chi connectivity index (χ0v) is 12.6. The number of hydrogen-bond donors (Lipinski definition) is 0. The van der Waals surface area contributed by atoms with Gasteiger partial charge < -0.3 is 9.30 Å². The van der Waals surface area contributed by atoms with E-state index in [1.54, 1.807) is 17.7 Å². The van der Waals surface area contributed by atoms with Gasteiger partial charge in [-0.2, -0.15) is 0 Å². The molecule has 3 aromatic rings. The maximum Gasteiger partial charge on any atom is 0.338 e. The monoisotopic (exact) mass is 315 g/mol. The molecule has 0 amide bonds. The Morgan fingerprint density at radius 3 is 2.70 bits per heavy atom. The van der Waals surface area contributed by atoms with E-state index in [-0.39, 0.29) is 24.3 Å². The highest BCUT2D eigenvalue weighted by Crippen LogP contribution is 2.22. The first-order chi connectivity index (χ1) is 11.1. The lowest BCUT2D eigenvalue weighted by atomic mass is 10.1. The Morgan fingerprint density at radius 1 is 1.13 bits per heavy atom. The van der Waals surface area contributed by atoms with Crippen LogP contribution in [0.2, 0.25) is 0 Å². The topological polar surface area (TPSA) is 31.2 Å². The number of halogens is 2. The van der Waals surface area contributed by atoms with Gasteiger partial charge in [-0.05, 0) is 36.6 Å². The summed E-state index contributed by atoms with van der Waals surface area (Å²) < 4.78 is 34.6. The van der Waals surface area contributed by atoms with Crippen LogP contribution in [-0.2, 0) is 11.3 Å². The van der Waals surface area contributed by atoms with Crippen LogP contribution < -0.4 is 0 Å². The first-order valence-electron chi connectivity index (χ1n) is 7.29. The van der Waals surface area contributed by atoms with Gasteiger partial charge in [-0.25, -0.2) is 13.6 Å². The van der Waals surface area contributed by atoms with Gasteiger partial charge in [-0.1, -0.05) is 18.2 Å². The van der Waals surface area contributed by atoms with Crippen LogP contribution in [0.1, 0.15) is 22.8 Å². The lowest BCUT2D eigenvalue weighted by molar-refractivity contribution is 0.0524. The minimum Gasteiger partial charge on any atom is -0.462 e. The second kappa shape index (κ2) is 6.20. The molecule has 0 bridgehead atoms. The number of ether oxygens (including phenoxy) is 1. The van der Waals surface area contributed by atoms with E-state index in [1.165, 1.54) is 6.07 Å². The molecule has 0 saturated heterocycles. The quantitative estimate of drug-likeness (QED) is 0.677. The third-order valence-corrected chi connectivity index (χ3v) is 3.70. The van der Waals surface area contributed by atoms with E-state index >= 15 is 0 Å². The fourth-order valence-corrected chi connectivity index (χ4v) is 2.60. The fourth-order valence-electron chi connectivity index (χ4n) is 2.60. The number of hydrogen-bond acceptors (Lipinski definition) is 2. The highest BCUT2D eigenvalue weighted by molar-refractivity contribution is 5.91. The Hall–Kier alpha value is -2.69. The van der Waals surface area contributed by atoms with E-state index in [4.69, 9.17) is 4.74 Å². The third-order valence-electron chi connectivity index (χ3n) is 3.70. The van der Waals surface area contributed by atoms with Crippen LogP contribution in [0.15, 0.2) is 48.7 Å². The van der Waals surface area contributed by atoms with Gasteiger partial charge in [0.2, 0.25) is 0 Å². The van der Waals surface area contributed by atoms with Crippen molar-refractivity contribution in [2.45, 2.75) is 13.5 Å². The minimum atomic E-state index is -1.02. The number of carbonyl (C=O) groups is 1. The summed E-state index contributed by atoms with van der Waals surface area (Å²) in [4.78, 5) is 12.0. The molecular formula is C18H15F2NO2. The predicted molar refractivity (Wildman–Crippen MR) is 83.4 cm³/mol. The number of para-hydroxylation sites is 1. The molecule has 2 aromatic carbocycles. The molecule has 0 spiro atoms. The number of benzene rings is 2. The van der Waals surface area contributed by atoms with Crippen LogP contribution in [0.25, 0.3) is 10.9 Å². The molecule has 3 rings (SSSR count). The molecule has 1 heterocycles. The Morgan fingerprint density at radius 2 is 1.91 bits per heavy atom. The Labute approximate surface area is 132 Å². The zero-order valence-electron chi connectivity index (χ0n) is 12.6. The number of fused-ring (bicyclic) bond motifs is 1. The molecule has 0 radical (unpaired) electrons. The van der Waals surface area contributed by atoms with E-state index < -0.39 is 17.6 Å². The molecular weight excluding hydrogens is 300 g/mol. The van der Waals surface area contributed by atoms with Crippen molar-refractivity contribution in [3.63, 3.8) is 0 Å². The average Bonchev–Trinajstić information content (AvgIpc) is 2.95. The number of esters is 1. The van der Waals surface area contributed by atoms with E-state index in [0.717, 1.165) is 17.0 Å². The molecule has 118 valence electrons. The summed E-state index contributed by atoms with van der Waals surface area (Å²) in [6.45, 7) is 1.88. The van der Waals surface area contributed by atoms with Gasteiger partial charge in [-0.15, -0.1) is 0 Å². The second-order valence-corrected chi connectivity index (χ2v) is 5.11. The molecule has 3 nitrogen and oxygen atoms in total. The number of nitrogens with zero attached hydrogens (tertiary/aromatic N) is 1.